The molecule has 1 unspecified atom stereocenters. The molecule has 0 fully saturated rings. The van der Waals surface area contributed by atoms with Gasteiger partial charge in [0.2, 0.25) is 0 Å². The second-order valence-electron chi connectivity index (χ2n) is 3.69. The highest BCUT2D eigenvalue weighted by Crippen LogP contribution is 2.24. The third kappa shape index (κ3) is 3.09. The molecule has 2 N–H and O–H groups in total. The highest BCUT2D eigenvalue weighted by atomic mass is 79.9. The molecule has 2 nitrogen and oxygen atoms in total. The van der Waals surface area contributed by atoms with E-state index in [2.05, 4.69) is 15.9 Å². The molecule has 0 aliphatic rings. The molecule has 0 saturated carbocycles. The summed E-state index contributed by atoms with van der Waals surface area (Å²) >= 11 is 8.95. The zero-order chi connectivity index (χ0) is 12.4. The normalized spacial score (nSPS) is 12.7. The van der Waals surface area contributed by atoms with Crippen molar-refractivity contribution in [3.63, 3.8) is 0 Å². The molecule has 90 valence electrons. The molecule has 0 aliphatic carbocycles. The highest BCUT2D eigenvalue weighted by molar-refractivity contribution is 9.10. The molecule has 0 saturated heterocycles. The number of nitrogens with two attached hydrogens (primary N) is 1. The van der Waals surface area contributed by atoms with E-state index < -0.39 is 6.04 Å². The van der Waals surface area contributed by atoms with Gasteiger partial charge in [-0.15, -0.1) is 0 Å². The molecule has 0 bridgehead atoms. The Kier molecular flexibility index (Phi) is 3.86. The highest BCUT2D eigenvalue weighted by Gasteiger charge is 2.14. The molecular weight excluding hydrogens is 308 g/mol. The third-order valence-corrected chi connectivity index (χ3v) is 3.10. The predicted molar refractivity (Wildman–Crippen MR) is 68.5 cm³/mol. The Morgan fingerprint density at radius 1 is 1.35 bits per heavy atom. The van der Waals surface area contributed by atoms with Crippen molar-refractivity contribution < 1.29 is 8.81 Å². The molecule has 5 heteroatoms. The van der Waals surface area contributed by atoms with Gasteiger partial charge < -0.3 is 10.2 Å². The topological polar surface area (TPSA) is 39.2 Å². The Morgan fingerprint density at radius 3 is 2.76 bits per heavy atom. The first-order valence-corrected chi connectivity index (χ1v) is 6.18. The second kappa shape index (κ2) is 5.21. The van der Waals surface area contributed by atoms with Gasteiger partial charge in [-0.2, -0.15) is 0 Å². The molecule has 0 amide bonds. The van der Waals surface area contributed by atoms with Crippen LogP contribution in [0.3, 0.4) is 0 Å². The average molecular weight is 319 g/mol. The van der Waals surface area contributed by atoms with E-state index in [1.807, 2.05) is 0 Å². The van der Waals surface area contributed by atoms with Gasteiger partial charge in [-0.3, -0.25) is 0 Å². The number of furan rings is 1. The molecule has 1 aromatic carbocycles. The van der Waals surface area contributed by atoms with Crippen LogP contribution in [0.25, 0.3) is 0 Å². The first-order valence-electron chi connectivity index (χ1n) is 5.01. The zero-order valence-corrected chi connectivity index (χ0v) is 11.1. The lowest BCUT2D eigenvalue weighted by atomic mass is 10.0. The summed E-state index contributed by atoms with van der Waals surface area (Å²) in [5, 5.41) is 0.283. The summed E-state index contributed by atoms with van der Waals surface area (Å²) in [4.78, 5) is 0. The van der Waals surface area contributed by atoms with Gasteiger partial charge >= 0.3 is 0 Å². The fourth-order valence-electron chi connectivity index (χ4n) is 1.56. The molecule has 0 spiro atoms. The van der Waals surface area contributed by atoms with Gasteiger partial charge in [0.05, 0.1) is 6.04 Å². The van der Waals surface area contributed by atoms with Crippen molar-refractivity contribution in [1.29, 1.82) is 0 Å². The molecule has 0 aliphatic heterocycles. The fraction of sp³-hybridized carbons (Fsp3) is 0.167. The fourth-order valence-corrected chi connectivity index (χ4v) is 2.13. The van der Waals surface area contributed by atoms with Crippen molar-refractivity contribution in [3.05, 3.63) is 57.2 Å². The Bertz CT molecular complexity index is 529. The predicted octanol–water partition coefficient (Wildman–Crippen LogP) is 4.08. The first kappa shape index (κ1) is 12.6. The van der Waals surface area contributed by atoms with Gasteiger partial charge in [-0.25, -0.2) is 4.39 Å². The summed E-state index contributed by atoms with van der Waals surface area (Å²) in [7, 11) is 0. The maximum absolute atomic E-state index is 13.5. The van der Waals surface area contributed by atoms with Crippen molar-refractivity contribution in [3.8, 4) is 0 Å². The van der Waals surface area contributed by atoms with Gasteiger partial charge in [0.15, 0.2) is 5.22 Å². The van der Waals surface area contributed by atoms with Crippen LogP contribution in [0.15, 0.2) is 39.2 Å². The zero-order valence-electron chi connectivity index (χ0n) is 8.79. The summed E-state index contributed by atoms with van der Waals surface area (Å²) < 4.78 is 19.5. The van der Waals surface area contributed by atoms with Gasteiger partial charge in [0, 0.05) is 4.47 Å². The van der Waals surface area contributed by atoms with E-state index in [9.17, 15) is 4.39 Å². The SMILES string of the molecule is NC(Cc1cc(Br)ccc1F)c1ccc(Cl)o1. The summed E-state index contributed by atoms with van der Waals surface area (Å²) in [6.07, 6.45) is 0.356. The quantitative estimate of drug-likeness (QED) is 0.926. The minimum absolute atomic E-state index is 0.277. The molecule has 1 heterocycles. The van der Waals surface area contributed by atoms with E-state index in [1.165, 1.54) is 6.07 Å². The third-order valence-electron chi connectivity index (χ3n) is 2.41. The van der Waals surface area contributed by atoms with Crippen LogP contribution >= 0.6 is 27.5 Å². The molecule has 17 heavy (non-hydrogen) atoms. The van der Waals surface area contributed by atoms with Crippen molar-refractivity contribution in [2.45, 2.75) is 12.5 Å². The first-order chi connectivity index (χ1) is 8.06. The smallest absolute Gasteiger partial charge is 0.193 e. The van der Waals surface area contributed by atoms with Crippen molar-refractivity contribution in [1.82, 2.24) is 0 Å². The van der Waals surface area contributed by atoms with Crippen molar-refractivity contribution in [2.75, 3.05) is 0 Å². The average Bonchev–Trinajstić information content (AvgIpc) is 2.70. The second-order valence-corrected chi connectivity index (χ2v) is 4.98. The number of hydrogen-bond acceptors (Lipinski definition) is 2. The lowest BCUT2D eigenvalue weighted by Crippen LogP contribution is -2.13. The Morgan fingerprint density at radius 2 is 2.12 bits per heavy atom. The van der Waals surface area contributed by atoms with Crippen molar-refractivity contribution in [2.24, 2.45) is 5.73 Å². The number of halogens is 3. The van der Waals surface area contributed by atoms with Gasteiger partial charge in [0.25, 0.3) is 0 Å². The van der Waals surface area contributed by atoms with Crippen LogP contribution < -0.4 is 5.73 Å². The largest absolute Gasteiger partial charge is 0.448 e. The van der Waals surface area contributed by atoms with E-state index >= 15 is 0 Å². The van der Waals surface area contributed by atoms with Crippen LogP contribution in [0.1, 0.15) is 17.4 Å². The molecule has 2 aromatic rings. The maximum Gasteiger partial charge on any atom is 0.193 e. The molecule has 1 atom stereocenters. The monoisotopic (exact) mass is 317 g/mol. The standard InChI is InChI=1S/C12H10BrClFNO/c13-8-1-2-9(15)7(5-8)6-10(16)11-3-4-12(14)17-11/h1-5,10H,6,16H2. The number of benzene rings is 1. The maximum atomic E-state index is 13.5. The summed E-state index contributed by atoms with van der Waals surface area (Å²) in [6, 6.07) is 7.66. The minimum Gasteiger partial charge on any atom is -0.448 e. The van der Waals surface area contributed by atoms with Gasteiger partial charge in [-0.05, 0) is 53.9 Å². The minimum atomic E-state index is -0.411. The van der Waals surface area contributed by atoms with Crippen LogP contribution in [0.5, 0.6) is 0 Å². The van der Waals surface area contributed by atoms with Crippen LogP contribution in [0, 0.1) is 5.82 Å². The lowest BCUT2D eigenvalue weighted by molar-refractivity contribution is 0.462. The van der Waals surface area contributed by atoms with E-state index in [1.54, 1.807) is 24.3 Å². The number of hydrogen-bond donors (Lipinski definition) is 1. The van der Waals surface area contributed by atoms with E-state index in [4.69, 9.17) is 21.8 Å². The summed E-state index contributed by atoms with van der Waals surface area (Å²) in [5.74, 6) is 0.274. The molecule has 1 aromatic heterocycles. The molecule has 2 rings (SSSR count). The molecule has 0 radical (unpaired) electrons. The van der Waals surface area contributed by atoms with Crippen LogP contribution in [0.2, 0.25) is 5.22 Å². The van der Waals surface area contributed by atoms with Crippen LogP contribution in [0.4, 0.5) is 4.39 Å². The van der Waals surface area contributed by atoms with Gasteiger partial charge in [0.1, 0.15) is 11.6 Å². The van der Waals surface area contributed by atoms with E-state index in [0.29, 0.717) is 17.7 Å². The molecular formula is C12H10BrClFNO. The van der Waals surface area contributed by atoms with E-state index in [0.717, 1.165) is 4.47 Å². The Labute approximate surface area is 112 Å². The van der Waals surface area contributed by atoms with Crippen LogP contribution in [-0.4, -0.2) is 0 Å². The van der Waals surface area contributed by atoms with Gasteiger partial charge in [-0.1, -0.05) is 15.9 Å². The lowest BCUT2D eigenvalue weighted by Gasteiger charge is -2.09. The summed E-state index contributed by atoms with van der Waals surface area (Å²) in [6.45, 7) is 0. The number of rotatable bonds is 3. The Balaban J connectivity index is 2.18. The van der Waals surface area contributed by atoms with Crippen molar-refractivity contribution >= 4 is 27.5 Å². The van der Waals surface area contributed by atoms with Crippen LogP contribution in [-0.2, 0) is 6.42 Å². The van der Waals surface area contributed by atoms with E-state index in [-0.39, 0.29) is 11.0 Å². The Hall–Kier alpha value is -0.840. The summed E-state index contributed by atoms with van der Waals surface area (Å²) in [5.41, 5.74) is 6.47.